The minimum absolute atomic E-state index is 0.0308. The maximum atomic E-state index is 12.8. The van der Waals surface area contributed by atoms with E-state index in [1.807, 2.05) is 55.5 Å². The molecule has 0 unspecified atom stereocenters. The summed E-state index contributed by atoms with van der Waals surface area (Å²) in [5, 5.41) is 3.12. The van der Waals surface area contributed by atoms with Gasteiger partial charge in [0.15, 0.2) is 0 Å². The topological polar surface area (TPSA) is 67.9 Å². The van der Waals surface area contributed by atoms with Crippen LogP contribution < -0.4 is 19.7 Å². The number of fused-ring (bicyclic) bond motifs is 1. The number of hydrogen-bond acceptors (Lipinski definition) is 4. The van der Waals surface area contributed by atoms with E-state index in [4.69, 9.17) is 9.47 Å². The molecule has 0 radical (unpaired) electrons. The summed E-state index contributed by atoms with van der Waals surface area (Å²) in [6, 6.07) is 15.1. The van der Waals surface area contributed by atoms with Gasteiger partial charge in [0.05, 0.1) is 25.2 Å². The Labute approximate surface area is 164 Å². The molecule has 4 rings (SSSR count). The zero-order chi connectivity index (χ0) is 19.5. The van der Waals surface area contributed by atoms with E-state index in [9.17, 15) is 9.59 Å². The van der Waals surface area contributed by atoms with Crippen molar-refractivity contribution in [2.45, 2.75) is 25.8 Å². The van der Waals surface area contributed by atoms with Crippen LogP contribution in [0.2, 0.25) is 0 Å². The molecule has 6 heteroatoms. The molecule has 0 spiro atoms. The van der Waals surface area contributed by atoms with Crippen LogP contribution in [0.1, 0.15) is 31.4 Å². The molecule has 28 heavy (non-hydrogen) atoms. The molecule has 146 valence electrons. The van der Waals surface area contributed by atoms with Crippen molar-refractivity contribution in [1.29, 1.82) is 0 Å². The molecule has 2 amide bonds. The van der Waals surface area contributed by atoms with Crippen molar-refractivity contribution >= 4 is 17.5 Å². The molecule has 2 atom stereocenters. The minimum atomic E-state index is -0.353. The number of carbonyl (C=O) groups excluding carboxylic acids is 2. The smallest absolute Gasteiger partial charge is 0.227 e. The first-order chi connectivity index (χ1) is 13.7. The summed E-state index contributed by atoms with van der Waals surface area (Å²) < 4.78 is 11.1. The van der Waals surface area contributed by atoms with Crippen LogP contribution >= 0.6 is 0 Å². The maximum Gasteiger partial charge on any atom is 0.227 e. The molecule has 1 saturated heterocycles. The molecule has 1 fully saturated rings. The van der Waals surface area contributed by atoms with Gasteiger partial charge in [-0.25, -0.2) is 0 Å². The quantitative estimate of drug-likeness (QED) is 0.866. The largest absolute Gasteiger partial charge is 0.494 e. The van der Waals surface area contributed by atoms with E-state index in [1.165, 1.54) is 0 Å². The molecule has 0 bridgehead atoms. The van der Waals surface area contributed by atoms with Crippen molar-refractivity contribution in [3.63, 3.8) is 0 Å². The summed E-state index contributed by atoms with van der Waals surface area (Å²) in [5.74, 6) is 1.12. The van der Waals surface area contributed by atoms with Crippen LogP contribution in [-0.4, -0.2) is 31.6 Å². The summed E-state index contributed by atoms with van der Waals surface area (Å²) in [5.41, 5.74) is 1.79. The summed E-state index contributed by atoms with van der Waals surface area (Å²) >= 11 is 0. The Hall–Kier alpha value is -3.02. The summed E-state index contributed by atoms with van der Waals surface area (Å²) in [6.45, 7) is 3.49. The lowest BCUT2D eigenvalue weighted by Crippen LogP contribution is -2.37. The van der Waals surface area contributed by atoms with E-state index >= 15 is 0 Å². The third-order valence-electron chi connectivity index (χ3n) is 5.23. The minimum Gasteiger partial charge on any atom is -0.494 e. The van der Waals surface area contributed by atoms with Gasteiger partial charge in [0.2, 0.25) is 11.8 Å². The number of nitrogens with zero attached hydrogens (tertiary/aromatic N) is 1. The monoisotopic (exact) mass is 380 g/mol. The number of para-hydroxylation sites is 1. The average molecular weight is 380 g/mol. The van der Waals surface area contributed by atoms with Crippen LogP contribution in [0.25, 0.3) is 0 Å². The molecule has 6 nitrogen and oxygen atoms in total. The molecule has 1 N–H and O–H groups in total. The van der Waals surface area contributed by atoms with E-state index in [0.29, 0.717) is 19.8 Å². The molecule has 2 aliphatic rings. The second-order valence-electron chi connectivity index (χ2n) is 7.07. The third-order valence-corrected chi connectivity index (χ3v) is 5.23. The van der Waals surface area contributed by atoms with E-state index in [-0.39, 0.29) is 30.2 Å². The number of rotatable bonds is 5. The van der Waals surface area contributed by atoms with E-state index in [0.717, 1.165) is 29.2 Å². The molecule has 0 aromatic heterocycles. The lowest BCUT2D eigenvalue weighted by Gasteiger charge is -2.27. The second-order valence-corrected chi connectivity index (χ2v) is 7.07. The lowest BCUT2D eigenvalue weighted by molar-refractivity contribution is -0.127. The summed E-state index contributed by atoms with van der Waals surface area (Å²) in [7, 11) is 0. The number of amides is 2. The van der Waals surface area contributed by atoms with Gasteiger partial charge >= 0.3 is 0 Å². The van der Waals surface area contributed by atoms with E-state index < -0.39 is 0 Å². The van der Waals surface area contributed by atoms with E-state index in [2.05, 4.69) is 5.32 Å². The number of nitrogens with one attached hydrogen (secondary N) is 1. The molecule has 2 aromatic carbocycles. The van der Waals surface area contributed by atoms with Crippen LogP contribution in [-0.2, 0) is 9.59 Å². The standard InChI is InChI=1S/C22H24N2O4/c1-2-27-17-9-7-16(8-10-17)24-14-15(13-21(24)25)22(26)23-19-11-12-28-20-6-4-3-5-18(19)20/h3-10,15,19H,2,11-14H2,1H3,(H,23,26)/t15-,19-/m1/s1. The predicted octanol–water partition coefficient (Wildman–Crippen LogP) is 3.08. The van der Waals surface area contributed by atoms with Gasteiger partial charge in [-0.15, -0.1) is 0 Å². The molecular weight excluding hydrogens is 356 g/mol. The fraction of sp³-hybridized carbons (Fsp3) is 0.364. The van der Waals surface area contributed by atoms with Gasteiger partial charge in [0.1, 0.15) is 11.5 Å². The van der Waals surface area contributed by atoms with Crippen LogP contribution in [0.3, 0.4) is 0 Å². The number of carbonyl (C=O) groups is 2. The van der Waals surface area contributed by atoms with Gasteiger partial charge in [-0.2, -0.15) is 0 Å². The number of hydrogen-bond donors (Lipinski definition) is 1. The molecule has 2 aromatic rings. The Morgan fingerprint density at radius 3 is 2.79 bits per heavy atom. The van der Waals surface area contributed by atoms with Crippen molar-refractivity contribution in [2.75, 3.05) is 24.7 Å². The van der Waals surface area contributed by atoms with Crippen molar-refractivity contribution < 1.29 is 19.1 Å². The zero-order valence-electron chi connectivity index (χ0n) is 15.9. The Kier molecular flexibility index (Phi) is 5.19. The summed E-state index contributed by atoms with van der Waals surface area (Å²) in [4.78, 5) is 27.0. The van der Waals surface area contributed by atoms with Crippen LogP contribution in [0.15, 0.2) is 48.5 Å². The van der Waals surface area contributed by atoms with Gasteiger partial charge in [-0.05, 0) is 37.3 Å². The number of ether oxygens (including phenoxy) is 2. The van der Waals surface area contributed by atoms with Crippen molar-refractivity contribution in [3.05, 3.63) is 54.1 Å². The molecule has 0 saturated carbocycles. The van der Waals surface area contributed by atoms with Crippen LogP contribution in [0.4, 0.5) is 5.69 Å². The highest BCUT2D eigenvalue weighted by Crippen LogP contribution is 2.33. The molecular formula is C22H24N2O4. The highest BCUT2D eigenvalue weighted by molar-refractivity contribution is 6.00. The van der Waals surface area contributed by atoms with Gasteiger partial charge in [-0.1, -0.05) is 18.2 Å². The lowest BCUT2D eigenvalue weighted by atomic mass is 9.99. The Balaban J connectivity index is 1.42. The normalized spacial score (nSPS) is 21.0. The fourth-order valence-electron chi connectivity index (χ4n) is 3.80. The van der Waals surface area contributed by atoms with Crippen molar-refractivity contribution in [1.82, 2.24) is 5.32 Å². The molecule has 0 aliphatic carbocycles. The number of anilines is 1. The van der Waals surface area contributed by atoms with Gasteiger partial charge in [-0.3, -0.25) is 9.59 Å². The van der Waals surface area contributed by atoms with Crippen molar-refractivity contribution in [3.8, 4) is 11.5 Å². The van der Waals surface area contributed by atoms with Gasteiger partial charge in [0.25, 0.3) is 0 Å². The van der Waals surface area contributed by atoms with Crippen LogP contribution in [0.5, 0.6) is 11.5 Å². The molecule has 2 heterocycles. The summed E-state index contributed by atoms with van der Waals surface area (Å²) in [6.07, 6.45) is 0.954. The Morgan fingerprint density at radius 1 is 1.21 bits per heavy atom. The maximum absolute atomic E-state index is 12.8. The first-order valence-electron chi connectivity index (χ1n) is 9.71. The van der Waals surface area contributed by atoms with E-state index in [1.54, 1.807) is 4.90 Å². The van der Waals surface area contributed by atoms with Gasteiger partial charge in [0, 0.05) is 30.6 Å². The number of benzene rings is 2. The fourth-order valence-corrected chi connectivity index (χ4v) is 3.80. The first-order valence-corrected chi connectivity index (χ1v) is 9.71. The highest BCUT2D eigenvalue weighted by atomic mass is 16.5. The third kappa shape index (κ3) is 3.67. The SMILES string of the molecule is CCOc1ccc(N2C[C@H](C(=O)N[C@@H]3CCOc4ccccc43)CC2=O)cc1. The Morgan fingerprint density at radius 2 is 2.00 bits per heavy atom. The highest BCUT2D eigenvalue weighted by Gasteiger charge is 2.36. The van der Waals surface area contributed by atoms with Crippen molar-refractivity contribution in [2.24, 2.45) is 5.92 Å². The zero-order valence-corrected chi connectivity index (χ0v) is 15.9. The average Bonchev–Trinajstić information content (AvgIpc) is 3.11. The molecule has 2 aliphatic heterocycles. The first kappa shape index (κ1) is 18.3. The predicted molar refractivity (Wildman–Crippen MR) is 106 cm³/mol. The van der Waals surface area contributed by atoms with Gasteiger partial charge < -0.3 is 19.7 Å². The van der Waals surface area contributed by atoms with Crippen LogP contribution in [0, 0.1) is 5.92 Å². The second kappa shape index (κ2) is 7.92. The Bertz CT molecular complexity index is 865.